The number of hydrogen-bond acceptors (Lipinski definition) is 2. The number of hydrogen-bond donors (Lipinski definition) is 1. The Bertz CT molecular complexity index is 357. The molecule has 1 N–H and O–H groups in total. The highest BCUT2D eigenvalue weighted by Gasteiger charge is 2.06. The molecule has 1 unspecified atom stereocenters. The second-order valence-electron chi connectivity index (χ2n) is 3.45. The summed E-state index contributed by atoms with van der Waals surface area (Å²) in [5.74, 6) is 0.0141. The van der Waals surface area contributed by atoms with Crippen molar-refractivity contribution in [2.45, 2.75) is 13.0 Å². The Morgan fingerprint density at radius 2 is 2.38 bits per heavy atom. The molecule has 0 fully saturated rings. The lowest BCUT2D eigenvalue weighted by Crippen LogP contribution is -2.28. The number of nitrogens with one attached hydrogen (secondary N) is 1. The van der Waals surface area contributed by atoms with Crippen LogP contribution < -0.4 is 10.1 Å². The largest absolute Gasteiger partial charge is 0.489 e. The minimum Gasteiger partial charge on any atom is -0.489 e. The van der Waals surface area contributed by atoms with E-state index >= 15 is 0 Å². The van der Waals surface area contributed by atoms with Gasteiger partial charge in [-0.05, 0) is 19.1 Å². The van der Waals surface area contributed by atoms with E-state index in [1.54, 1.807) is 12.1 Å². The van der Waals surface area contributed by atoms with Crippen molar-refractivity contribution in [1.82, 2.24) is 5.32 Å². The molecule has 88 valence electrons. The molecule has 0 spiro atoms. The molecule has 0 aromatic heterocycles. The molecule has 0 amide bonds. The lowest BCUT2D eigenvalue weighted by molar-refractivity contribution is 0.218. The van der Waals surface area contributed by atoms with Crippen LogP contribution in [-0.2, 0) is 0 Å². The van der Waals surface area contributed by atoms with Crippen molar-refractivity contribution in [3.63, 3.8) is 0 Å². The fourth-order valence-electron chi connectivity index (χ4n) is 1.21. The zero-order valence-corrected chi connectivity index (χ0v) is 9.93. The van der Waals surface area contributed by atoms with Gasteiger partial charge in [0.25, 0.3) is 0 Å². The van der Waals surface area contributed by atoms with Crippen molar-refractivity contribution in [3.05, 3.63) is 41.7 Å². The van der Waals surface area contributed by atoms with Gasteiger partial charge in [-0.3, -0.25) is 0 Å². The minimum absolute atomic E-state index is 0.0412. The molecular formula is C12H15ClFNO. The SMILES string of the molecule is C=CCNCC(C)Oc1ccc(Cl)c(F)c1. The fourth-order valence-corrected chi connectivity index (χ4v) is 1.33. The van der Waals surface area contributed by atoms with Crippen LogP contribution in [0.2, 0.25) is 5.02 Å². The summed E-state index contributed by atoms with van der Waals surface area (Å²) < 4.78 is 18.6. The standard InChI is InChI=1S/C12H15ClFNO/c1-3-6-15-8-9(2)16-10-4-5-11(13)12(14)7-10/h3-5,7,9,15H,1,6,8H2,2H3. The van der Waals surface area contributed by atoms with Gasteiger partial charge in [-0.2, -0.15) is 0 Å². The number of halogens is 2. The van der Waals surface area contributed by atoms with Crippen LogP contribution in [0.25, 0.3) is 0 Å². The summed E-state index contributed by atoms with van der Waals surface area (Å²) in [4.78, 5) is 0. The van der Waals surface area contributed by atoms with Crippen LogP contribution in [0.4, 0.5) is 4.39 Å². The zero-order chi connectivity index (χ0) is 12.0. The van der Waals surface area contributed by atoms with E-state index in [-0.39, 0.29) is 11.1 Å². The van der Waals surface area contributed by atoms with Crippen molar-refractivity contribution in [1.29, 1.82) is 0 Å². The Labute approximate surface area is 100 Å². The number of rotatable bonds is 6. The summed E-state index contributed by atoms with van der Waals surface area (Å²) in [5, 5.41) is 3.22. The monoisotopic (exact) mass is 243 g/mol. The maximum absolute atomic E-state index is 13.1. The Kier molecular flexibility index (Phi) is 5.29. The highest BCUT2D eigenvalue weighted by Crippen LogP contribution is 2.20. The van der Waals surface area contributed by atoms with Crippen LogP contribution in [0.1, 0.15) is 6.92 Å². The third-order valence-electron chi connectivity index (χ3n) is 1.95. The van der Waals surface area contributed by atoms with E-state index in [0.717, 1.165) is 6.54 Å². The van der Waals surface area contributed by atoms with Gasteiger partial charge < -0.3 is 10.1 Å². The number of benzene rings is 1. The lowest BCUT2D eigenvalue weighted by Gasteiger charge is -2.15. The van der Waals surface area contributed by atoms with Crippen molar-refractivity contribution in [2.75, 3.05) is 13.1 Å². The molecule has 0 aliphatic carbocycles. The molecule has 1 aromatic rings. The Morgan fingerprint density at radius 1 is 1.62 bits per heavy atom. The summed E-state index contributed by atoms with van der Waals surface area (Å²) in [6.07, 6.45) is 1.73. The summed E-state index contributed by atoms with van der Waals surface area (Å²) in [7, 11) is 0. The van der Waals surface area contributed by atoms with Crippen molar-refractivity contribution in [3.8, 4) is 5.75 Å². The summed E-state index contributed by atoms with van der Waals surface area (Å²) in [6.45, 7) is 6.90. The summed E-state index contributed by atoms with van der Waals surface area (Å²) in [6, 6.07) is 4.41. The Morgan fingerprint density at radius 3 is 3.00 bits per heavy atom. The van der Waals surface area contributed by atoms with Crippen LogP contribution in [0, 0.1) is 5.82 Å². The van der Waals surface area contributed by atoms with Crippen LogP contribution in [0.5, 0.6) is 5.75 Å². The van der Waals surface area contributed by atoms with Gasteiger partial charge in [0, 0.05) is 19.2 Å². The summed E-state index contributed by atoms with van der Waals surface area (Å²) >= 11 is 5.57. The first-order valence-electron chi connectivity index (χ1n) is 5.07. The number of ether oxygens (including phenoxy) is 1. The highest BCUT2D eigenvalue weighted by molar-refractivity contribution is 6.30. The van der Waals surface area contributed by atoms with Crippen molar-refractivity contribution in [2.24, 2.45) is 0 Å². The van der Waals surface area contributed by atoms with Gasteiger partial charge in [0.1, 0.15) is 17.7 Å². The molecule has 0 heterocycles. The first-order valence-corrected chi connectivity index (χ1v) is 5.44. The van der Waals surface area contributed by atoms with Gasteiger partial charge in [-0.1, -0.05) is 17.7 Å². The van der Waals surface area contributed by atoms with E-state index in [9.17, 15) is 4.39 Å². The second-order valence-corrected chi connectivity index (χ2v) is 3.86. The van der Waals surface area contributed by atoms with Gasteiger partial charge in [-0.15, -0.1) is 6.58 Å². The van der Waals surface area contributed by atoms with Gasteiger partial charge in [0.05, 0.1) is 5.02 Å². The van der Waals surface area contributed by atoms with Crippen LogP contribution in [0.15, 0.2) is 30.9 Å². The quantitative estimate of drug-likeness (QED) is 0.613. The molecule has 0 saturated heterocycles. The topological polar surface area (TPSA) is 21.3 Å². The average Bonchev–Trinajstić information content (AvgIpc) is 2.24. The van der Waals surface area contributed by atoms with Gasteiger partial charge in [0.2, 0.25) is 0 Å². The zero-order valence-electron chi connectivity index (χ0n) is 9.17. The van der Waals surface area contributed by atoms with E-state index in [0.29, 0.717) is 12.3 Å². The normalized spacial score (nSPS) is 12.2. The predicted octanol–water partition coefficient (Wildman–Crippen LogP) is 3.02. The fraction of sp³-hybridized carbons (Fsp3) is 0.333. The molecule has 0 aliphatic rings. The molecule has 0 aliphatic heterocycles. The molecule has 0 bridgehead atoms. The van der Waals surface area contributed by atoms with Crippen molar-refractivity contribution < 1.29 is 9.13 Å². The first kappa shape index (κ1) is 13.0. The molecule has 4 heteroatoms. The van der Waals surface area contributed by atoms with E-state index < -0.39 is 5.82 Å². The lowest BCUT2D eigenvalue weighted by atomic mass is 10.3. The van der Waals surface area contributed by atoms with Crippen LogP contribution >= 0.6 is 11.6 Å². The smallest absolute Gasteiger partial charge is 0.145 e. The third kappa shape index (κ3) is 4.21. The molecule has 1 aromatic carbocycles. The molecule has 16 heavy (non-hydrogen) atoms. The molecule has 0 saturated carbocycles. The predicted molar refractivity (Wildman–Crippen MR) is 64.6 cm³/mol. The molecule has 0 radical (unpaired) electrons. The van der Waals surface area contributed by atoms with Gasteiger partial charge in [-0.25, -0.2) is 4.39 Å². The van der Waals surface area contributed by atoms with Crippen molar-refractivity contribution >= 4 is 11.6 Å². The maximum atomic E-state index is 13.1. The van der Waals surface area contributed by atoms with Crippen LogP contribution in [-0.4, -0.2) is 19.2 Å². The van der Waals surface area contributed by atoms with Crippen LogP contribution in [0.3, 0.4) is 0 Å². The average molecular weight is 244 g/mol. The van der Waals surface area contributed by atoms with E-state index in [1.807, 2.05) is 6.92 Å². The van der Waals surface area contributed by atoms with Gasteiger partial charge in [0.15, 0.2) is 0 Å². The molecular weight excluding hydrogens is 229 g/mol. The Hall–Kier alpha value is -1.06. The van der Waals surface area contributed by atoms with E-state index in [2.05, 4.69) is 11.9 Å². The summed E-state index contributed by atoms with van der Waals surface area (Å²) in [5.41, 5.74) is 0. The maximum Gasteiger partial charge on any atom is 0.145 e. The third-order valence-corrected chi connectivity index (χ3v) is 2.26. The molecule has 1 rings (SSSR count). The Balaban J connectivity index is 2.46. The van der Waals surface area contributed by atoms with E-state index in [1.165, 1.54) is 12.1 Å². The minimum atomic E-state index is -0.467. The first-order chi connectivity index (χ1) is 7.63. The highest BCUT2D eigenvalue weighted by atomic mass is 35.5. The second kappa shape index (κ2) is 6.51. The van der Waals surface area contributed by atoms with Gasteiger partial charge >= 0.3 is 0 Å². The molecule has 1 atom stereocenters. The van der Waals surface area contributed by atoms with E-state index in [4.69, 9.17) is 16.3 Å². The molecule has 2 nitrogen and oxygen atoms in total.